The largest absolute Gasteiger partial charge is 0.377 e. The van der Waals surface area contributed by atoms with Crippen molar-refractivity contribution >= 4 is 27.5 Å². The van der Waals surface area contributed by atoms with Crippen LogP contribution in [0.4, 0.5) is 5.69 Å². The number of morpholine rings is 1. The van der Waals surface area contributed by atoms with E-state index in [9.17, 15) is 4.79 Å². The molecule has 0 aliphatic carbocycles. The van der Waals surface area contributed by atoms with Gasteiger partial charge in [-0.25, -0.2) is 0 Å². The van der Waals surface area contributed by atoms with Crippen molar-refractivity contribution < 1.29 is 9.53 Å². The third-order valence-electron chi connectivity index (χ3n) is 3.01. The zero-order chi connectivity index (χ0) is 13.1. The quantitative estimate of drug-likeness (QED) is 0.856. The number of primary amides is 1. The van der Waals surface area contributed by atoms with Crippen molar-refractivity contribution in [3.05, 3.63) is 28.2 Å². The summed E-state index contributed by atoms with van der Waals surface area (Å²) in [5.74, 6) is -0.371. The van der Waals surface area contributed by atoms with Gasteiger partial charge in [-0.2, -0.15) is 0 Å². The number of benzene rings is 1. The van der Waals surface area contributed by atoms with Gasteiger partial charge in [0.25, 0.3) is 0 Å². The topological polar surface area (TPSA) is 81.6 Å². The monoisotopic (exact) mass is 313 g/mol. The van der Waals surface area contributed by atoms with Crippen molar-refractivity contribution in [3.63, 3.8) is 0 Å². The Labute approximate surface area is 114 Å². The van der Waals surface area contributed by atoms with Crippen molar-refractivity contribution in [2.45, 2.75) is 12.6 Å². The second-order valence-electron chi connectivity index (χ2n) is 4.18. The number of carbonyl (C=O) groups excluding carboxylic acids is 1. The van der Waals surface area contributed by atoms with E-state index in [-0.39, 0.29) is 5.91 Å². The first-order valence-electron chi connectivity index (χ1n) is 5.75. The second-order valence-corrected chi connectivity index (χ2v) is 5.03. The molecule has 1 heterocycles. The maximum atomic E-state index is 11.4. The molecule has 1 aromatic carbocycles. The van der Waals surface area contributed by atoms with Crippen LogP contribution in [0.3, 0.4) is 0 Å². The molecule has 0 bridgehead atoms. The van der Waals surface area contributed by atoms with E-state index in [4.69, 9.17) is 16.2 Å². The van der Waals surface area contributed by atoms with Crippen LogP contribution >= 0.6 is 15.9 Å². The number of amides is 1. The average molecular weight is 314 g/mol. The zero-order valence-corrected chi connectivity index (χ0v) is 11.5. The molecule has 1 fully saturated rings. The minimum atomic E-state index is -0.418. The second kappa shape index (κ2) is 5.69. The number of halogens is 1. The fourth-order valence-corrected chi connectivity index (χ4v) is 2.69. The predicted molar refractivity (Wildman–Crippen MR) is 73.2 cm³/mol. The molecular weight excluding hydrogens is 298 g/mol. The molecule has 5 nitrogen and oxygen atoms in total. The van der Waals surface area contributed by atoms with E-state index in [2.05, 4.69) is 15.9 Å². The molecule has 0 spiro atoms. The van der Waals surface area contributed by atoms with Crippen LogP contribution in [-0.2, 0) is 16.1 Å². The van der Waals surface area contributed by atoms with Crippen molar-refractivity contribution in [2.24, 2.45) is 11.5 Å². The Hall–Kier alpha value is -1.11. The lowest BCUT2D eigenvalue weighted by molar-refractivity contribution is -0.121. The summed E-state index contributed by atoms with van der Waals surface area (Å²) >= 11 is 3.51. The maximum Gasteiger partial charge on any atom is 0.242 e. The van der Waals surface area contributed by atoms with Gasteiger partial charge in [-0.1, -0.05) is 6.07 Å². The molecule has 0 saturated carbocycles. The van der Waals surface area contributed by atoms with E-state index in [0.29, 0.717) is 26.3 Å². The van der Waals surface area contributed by atoms with E-state index in [1.807, 2.05) is 23.1 Å². The maximum absolute atomic E-state index is 11.4. The number of rotatable bonds is 3. The molecule has 1 aliphatic heterocycles. The first-order valence-corrected chi connectivity index (χ1v) is 6.55. The van der Waals surface area contributed by atoms with Crippen LogP contribution < -0.4 is 16.4 Å². The van der Waals surface area contributed by atoms with Crippen LogP contribution in [0.1, 0.15) is 5.56 Å². The molecule has 0 radical (unpaired) electrons. The summed E-state index contributed by atoms with van der Waals surface area (Å²) < 4.78 is 6.22. The lowest BCUT2D eigenvalue weighted by Gasteiger charge is -2.36. The smallest absolute Gasteiger partial charge is 0.242 e. The summed E-state index contributed by atoms with van der Waals surface area (Å²) in [6.07, 6.45) is 0. The summed E-state index contributed by atoms with van der Waals surface area (Å²) in [6, 6.07) is 5.45. The van der Waals surface area contributed by atoms with Crippen LogP contribution in [0.5, 0.6) is 0 Å². The summed E-state index contributed by atoms with van der Waals surface area (Å²) in [4.78, 5) is 13.4. The normalized spacial score (nSPS) is 19.9. The summed E-state index contributed by atoms with van der Waals surface area (Å²) in [5, 5.41) is 0. The number of nitrogens with two attached hydrogens (primary N) is 2. The first-order chi connectivity index (χ1) is 8.63. The minimum Gasteiger partial charge on any atom is -0.377 e. The number of carbonyl (C=O) groups is 1. The number of ether oxygens (including phenoxy) is 1. The van der Waals surface area contributed by atoms with Crippen molar-refractivity contribution in [2.75, 3.05) is 24.7 Å². The molecule has 1 aromatic rings. The Morgan fingerprint density at radius 2 is 2.33 bits per heavy atom. The lowest BCUT2D eigenvalue weighted by Crippen LogP contribution is -2.52. The van der Waals surface area contributed by atoms with E-state index >= 15 is 0 Å². The van der Waals surface area contributed by atoms with Gasteiger partial charge in [-0.05, 0) is 33.6 Å². The number of hydrogen-bond acceptors (Lipinski definition) is 4. The molecule has 1 atom stereocenters. The molecule has 2 rings (SSSR count). The highest BCUT2D eigenvalue weighted by molar-refractivity contribution is 9.10. The Morgan fingerprint density at radius 1 is 1.56 bits per heavy atom. The van der Waals surface area contributed by atoms with E-state index < -0.39 is 6.04 Å². The number of nitrogens with zero attached hydrogens (tertiary/aromatic N) is 1. The fourth-order valence-electron chi connectivity index (χ4n) is 2.04. The van der Waals surface area contributed by atoms with Crippen LogP contribution in [0.15, 0.2) is 22.7 Å². The van der Waals surface area contributed by atoms with Gasteiger partial charge in [0.05, 0.1) is 18.9 Å². The van der Waals surface area contributed by atoms with E-state index in [1.54, 1.807) is 0 Å². The van der Waals surface area contributed by atoms with Gasteiger partial charge in [0, 0.05) is 17.6 Å². The first kappa shape index (κ1) is 13.3. The fraction of sp³-hybridized carbons (Fsp3) is 0.417. The van der Waals surface area contributed by atoms with Crippen LogP contribution in [0, 0.1) is 0 Å². The zero-order valence-electron chi connectivity index (χ0n) is 9.93. The molecule has 4 N–H and O–H groups in total. The molecule has 98 valence electrons. The molecule has 0 aromatic heterocycles. The number of anilines is 1. The molecular formula is C12H16BrN3O2. The molecule has 18 heavy (non-hydrogen) atoms. The van der Waals surface area contributed by atoms with E-state index in [1.165, 1.54) is 0 Å². The summed E-state index contributed by atoms with van der Waals surface area (Å²) in [6.45, 7) is 2.06. The Bertz CT molecular complexity index is 453. The van der Waals surface area contributed by atoms with Crippen LogP contribution in [0.25, 0.3) is 0 Å². The Morgan fingerprint density at radius 3 is 2.94 bits per heavy atom. The third-order valence-corrected chi connectivity index (χ3v) is 3.65. The van der Waals surface area contributed by atoms with Gasteiger partial charge in [-0.15, -0.1) is 0 Å². The summed E-state index contributed by atoms with van der Waals surface area (Å²) in [5.41, 5.74) is 13.0. The van der Waals surface area contributed by atoms with E-state index in [0.717, 1.165) is 15.7 Å². The molecule has 1 unspecified atom stereocenters. The average Bonchev–Trinajstić information content (AvgIpc) is 2.38. The molecule has 1 amide bonds. The third kappa shape index (κ3) is 2.66. The molecule has 1 saturated heterocycles. The van der Waals surface area contributed by atoms with Gasteiger partial charge in [-0.3, -0.25) is 4.79 Å². The Balaban J connectivity index is 2.31. The standard InChI is InChI=1S/C12H16BrN3O2/c13-9-5-8(6-14)1-2-10(9)16-3-4-18-7-11(16)12(15)17/h1-2,5,11H,3-4,6-7,14H2,(H2,15,17). The Kier molecular flexibility index (Phi) is 4.21. The highest BCUT2D eigenvalue weighted by Crippen LogP contribution is 2.29. The summed E-state index contributed by atoms with van der Waals surface area (Å²) in [7, 11) is 0. The highest BCUT2D eigenvalue weighted by atomic mass is 79.9. The van der Waals surface area contributed by atoms with Gasteiger partial charge in [0.2, 0.25) is 5.91 Å². The van der Waals surface area contributed by atoms with Crippen molar-refractivity contribution in [1.82, 2.24) is 0 Å². The van der Waals surface area contributed by atoms with Crippen molar-refractivity contribution in [3.8, 4) is 0 Å². The van der Waals surface area contributed by atoms with Crippen molar-refractivity contribution in [1.29, 1.82) is 0 Å². The molecule has 1 aliphatic rings. The van der Waals surface area contributed by atoms with Gasteiger partial charge in [0.15, 0.2) is 0 Å². The highest BCUT2D eigenvalue weighted by Gasteiger charge is 2.28. The number of hydrogen-bond donors (Lipinski definition) is 2. The van der Waals surface area contributed by atoms with Gasteiger partial charge in [0.1, 0.15) is 6.04 Å². The molecule has 6 heteroatoms. The van der Waals surface area contributed by atoms with Gasteiger partial charge >= 0.3 is 0 Å². The minimum absolute atomic E-state index is 0.334. The van der Waals surface area contributed by atoms with Crippen LogP contribution in [0.2, 0.25) is 0 Å². The SMILES string of the molecule is NCc1ccc(N2CCOCC2C(N)=O)c(Br)c1. The lowest BCUT2D eigenvalue weighted by atomic mass is 10.1. The van der Waals surface area contributed by atoms with Crippen LogP contribution in [-0.4, -0.2) is 31.7 Å². The predicted octanol–water partition coefficient (Wildman–Crippen LogP) is 0.598. The van der Waals surface area contributed by atoms with Gasteiger partial charge < -0.3 is 21.1 Å².